The second-order valence-corrected chi connectivity index (χ2v) is 6.43. The molecule has 108 valence electrons. The second kappa shape index (κ2) is 5.50. The molecule has 0 aliphatic carbocycles. The van der Waals surface area contributed by atoms with Crippen molar-refractivity contribution in [3.05, 3.63) is 59.2 Å². The van der Waals surface area contributed by atoms with E-state index in [-0.39, 0.29) is 21.7 Å². The minimum atomic E-state index is -3.90. The Labute approximate surface area is 120 Å². The third-order valence-electron chi connectivity index (χ3n) is 2.70. The lowest BCUT2D eigenvalue weighted by Gasteiger charge is -2.07. The molecule has 0 heterocycles. The molecule has 0 saturated heterocycles. The van der Waals surface area contributed by atoms with Gasteiger partial charge in [-0.25, -0.2) is 17.2 Å². The molecule has 0 bridgehead atoms. The average Bonchev–Trinajstić information content (AvgIpc) is 2.36. The molecule has 21 heavy (non-hydrogen) atoms. The Morgan fingerprint density at radius 2 is 1.71 bits per heavy atom. The third kappa shape index (κ3) is 3.55. The molecule has 0 amide bonds. The number of anilines is 1. The maximum Gasteiger partial charge on any atom is 0.182 e. The molecule has 4 nitrogen and oxygen atoms in total. The molecular weight excluding hydrogens is 298 g/mol. The molecule has 2 N–H and O–H groups in total. The van der Waals surface area contributed by atoms with E-state index in [0.29, 0.717) is 0 Å². The summed E-state index contributed by atoms with van der Waals surface area (Å²) >= 11 is 0. The lowest BCUT2D eigenvalue weighted by molar-refractivity contribution is 0.589. The largest absolute Gasteiger partial charge is 0.399 e. The van der Waals surface area contributed by atoms with Crippen LogP contribution in [0.3, 0.4) is 0 Å². The van der Waals surface area contributed by atoms with Gasteiger partial charge < -0.3 is 5.73 Å². The molecule has 7 heteroatoms. The van der Waals surface area contributed by atoms with Crippen LogP contribution in [0.1, 0.15) is 11.1 Å². The van der Waals surface area contributed by atoms with Gasteiger partial charge >= 0.3 is 0 Å². The number of halogens is 2. The first-order chi connectivity index (χ1) is 9.80. The van der Waals surface area contributed by atoms with Gasteiger partial charge in [0.1, 0.15) is 11.6 Å². The maximum absolute atomic E-state index is 13.3. The van der Waals surface area contributed by atoms with Crippen molar-refractivity contribution in [2.45, 2.75) is 10.6 Å². The number of rotatable bonds is 3. The monoisotopic (exact) mass is 308 g/mol. The van der Waals surface area contributed by atoms with Crippen molar-refractivity contribution >= 4 is 15.5 Å². The zero-order chi connectivity index (χ0) is 15.6. The maximum atomic E-state index is 13.3. The van der Waals surface area contributed by atoms with Gasteiger partial charge in [0, 0.05) is 5.69 Å². The predicted octanol–water partition coefficient (Wildman–Crippen LogP) is 2.39. The van der Waals surface area contributed by atoms with Crippen LogP contribution >= 0.6 is 0 Å². The Balaban J connectivity index is 2.42. The lowest BCUT2D eigenvalue weighted by Crippen LogP contribution is -2.07. The highest BCUT2D eigenvalue weighted by Gasteiger charge is 2.18. The number of benzene rings is 2. The van der Waals surface area contributed by atoms with Crippen molar-refractivity contribution in [3.8, 4) is 6.07 Å². The summed E-state index contributed by atoms with van der Waals surface area (Å²) in [7, 11) is -3.90. The van der Waals surface area contributed by atoms with E-state index in [1.165, 1.54) is 6.07 Å². The lowest BCUT2D eigenvalue weighted by atomic mass is 10.1. The Kier molecular flexibility index (Phi) is 3.91. The fourth-order valence-electron chi connectivity index (χ4n) is 1.86. The Morgan fingerprint density at radius 3 is 2.33 bits per heavy atom. The first-order valence-electron chi connectivity index (χ1n) is 5.78. The number of sulfone groups is 1. The minimum Gasteiger partial charge on any atom is -0.399 e. The predicted molar refractivity (Wildman–Crippen MR) is 72.8 cm³/mol. The standard InChI is InChI=1S/C14H10F2N2O2S/c15-11-2-9(7-17)1-10(3-11)8-21(19,20)14-5-12(16)4-13(18)6-14/h1-6H,8,18H2. The molecule has 0 aliphatic rings. The van der Waals surface area contributed by atoms with E-state index in [1.54, 1.807) is 6.07 Å². The summed E-state index contributed by atoms with van der Waals surface area (Å²) in [5.74, 6) is -2.04. The van der Waals surface area contributed by atoms with Gasteiger partial charge in [-0.2, -0.15) is 5.26 Å². The van der Waals surface area contributed by atoms with Gasteiger partial charge in [0.05, 0.1) is 22.3 Å². The SMILES string of the molecule is N#Cc1cc(F)cc(CS(=O)(=O)c2cc(N)cc(F)c2)c1. The van der Waals surface area contributed by atoms with Crippen LogP contribution in [0, 0.1) is 23.0 Å². The molecule has 2 aromatic carbocycles. The van der Waals surface area contributed by atoms with Crippen molar-refractivity contribution in [2.24, 2.45) is 0 Å². The van der Waals surface area contributed by atoms with Crippen molar-refractivity contribution in [1.29, 1.82) is 5.26 Å². The van der Waals surface area contributed by atoms with E-state index in [9.17, 15) is 17.2 Å². The molecule has 0 fully saturated rings. The van der Waals surface area contributed by atoms with Gasteiger partial charge in [-0.05, 0) is 42.0 Å². The topological polar surface area (TPSA) is 84.0 Å². The summed E-state index contributed by atoms with van der Waals surface area (Å²) in [5.41, 5.74) is 5.51. The molecule has 0 spiro atoms. The summed E-state index contributed by atoms with van der Waals surface area (Å²) in [4.78, 5) is -0.289. The highest BCUT2D eigenvalue weighted by atomic mass is 32.2. The van der Waals surface area contributed by atoms with Crippen LogP contribution in [-0.2, 0) is 15.6 Å². The fraction of sp³-hybridized carbons (Fsp3) is 0.0714. The Bertz CT molecular complexity index is 822. The molecule has 0 radical (unpaired) electrons. The molecule has 2 aromatic rings. The number of nitriles is 1. The fourth-order valence-corrected chi connectivity index (χ4v) is 3.24. The first kappa shape index (κ1) is 14.9. The first-order valence-corrected chi connectivity index (χ1v) is 7.44. The van der Waals surface area contributed by atoms with E-state index < -0.39 is 27.2 Å². The summed E-state index contributed by atoms with van der Waals surface area (Å²) in [5, 5.41) is 8.74. The summed E-state index contributed by atoms with van der Waals surface area (Å²) < 4.78 is 50.9. The summed E-state index contributed by atoms with van der Waals surface area (Å²) in [6.07, 6.45) is 0. The van der Waals surface area contributed by atoms with Crippen molar-refractivity contribution in [1.82, 2.24) is 0 Å². The van der Waals surface area contributed by atoms with Gasteiger partial charge in [-0.15, -0.1) is 0 Å². The van der Waals surface area contributed by atoms with Crippen molar-refractivity contribution in [3.63, 3.8) is 0 Å². The highest BCUT2D eigenvalue weighted by molar-refractivity contribution is 7.90. The number of nitrogen functional groups attached to an aromatic ring is 1. The van der Waals surface area contributed by atoms with E-state index in [1.807, 2.05) is 0 Å². The normalized spacial score (nSPS) is 11.1. The summed E-state index contributed by atoms with van der Waals surface area (Å²) in [6, 6.07) is 7.98. The number of nitrogens with zero attached hydrogens (tertiary/aromatic N) is 1. The number of hydrogen-bond donors (Lipinski definition) is 1. The average molecular weight is 308 g/mol. The van der Waals surface area contributed by atoms with Gasteiger partial charge in [-0.1, -0.05) is 0 Å². The molecule has 2 rings (SSSR count). The number of hydrogen-bond acceptors (Lipinski definition) is 4. The molecule has 0 aliphatic heterocycles. The van der Waals surface area contributed by atoms with E-state index in [2.05, 4.69) is 0 Å². The quantitative estimate of drug-likeness (QED) is 0.882. The van der Waals surface area contributed by atoms with Crippen LogP contribution in [0.4, 0.5) is 14.5 Å². The van der Waals surface area contributed by atoms with Crippen LogP contribution < -0.4 is 5.73 Å². The van der Waals surface area contributed by atoms with Crippen molar-refractivity contribution in [2.75, 3.05) is 5.73 Å². The van der Waals surface area contributed by atoms with Gasteiger partial charge in [0.25, 0.3) is 0 Å². The van der Waals surface area contributed by atoms with Crippen LogP contribution in [0.15, 0.2) is 41.3 Å². The molecular formula is C14H10F2N2O2S. The highest BCUT2D eigenvalue weighted by Crippen LogP contribution is 2.21. The van der Waals surface area contributed by atoms with Crippen LogP contribution in [0.5, 0.6) is 0 Å². The summed E-state index contributed by atoms with van der Waals surface area (Å²) in [6.45, 7) is 0. The van der Waals surface area contributed by atoms with Gasteiger partial charge in [0.15, 0.2) is 9.84 Å². The Morgan fingerprint density at radius 1 is 1.05 bits per heavy atom. The molecule has 0 unspecified atom stereocenters. The third-order valence-corrected chi connectivity index (χ3v) is 4.36. The van der Waals surface area contributed by atoms with E-state index in [4.69, 9.17) is 11.0 Å². The van der Waals surface area contributed by atoms with Crippen LogP contribution in [0.2, 0.25) is 0 Å². The molecule has 0 aromatic heterocycles. The zero-order valence-electron chi connectivity index (χ0n) is 10.7. The minimum absolute atomic E-state index is 0.0129. The Hall–Kier alpha value is -2.46. The van der Waals surface area contributed by atoms with Crippen LogP contribution in [-0.4, -0.2) is 8.42 Å². The molecule has 0 saturated carbocycles. The van der Waals surface area contributed by atoms with Gasteiger partial charge in [0.2, 0.25) is 0 Å². The number of nitrogens with two attached hydrogens (primary N) is 1. The van der Waals surface area contributed by atoms with Crippen molar-refractivity contribution < 1.29 is 17.2 Å². The van der Waals surface area contributed by atoms with E-state index >= 15 is 0 Å². The molecule has 0 atom stereocenters. The zero-order valence-corrected chi connectivity index (χ0v) is 11.5. The van der Waals surface area contributed by atoms with E-state index in [0.717, 1.165) is 30.3 Å². The van der Waals surface area contributed by atoms with Crippen LogP contribution in [0.25, 0.3) is 0 Å². The smallest absolute Gasteiger partial charge is 0.182 e. The second-order valence-electron chi connectivity index (χ2n) is 4.44. The van der Waals surface area contributed by atoms with Gasteiger partial charge in [-0.3, -0.25) is 0 Å².